The normalized spacial score (nSPS) is 10.1. The lowest BCUT2D eigenvalue weighted by Crippen LogP contribution is -1.92. The van der Waals surface area contributed by atoms with Gasteiger partial charge in [0, 0.05) is 6.07 Å². The van der Waals surface area contributed by atoms with Crippen LogP contribution in [0.25, 0.3) is 0 Å². The highest BCUT2D eigenvalue weighted by Gasteiger charge is 2.06. The Bertz CT molecular complexity index is 537. The van der Waals surface area contributed by atoms with E-state index in [-0.39, 0.29) is 16.8 Å². The van der Waals surface area contributed by atoms with E-state index in [0.717, 1.165) is 0 Å². The molecule has 0 amide bonds. The predicted octanol–water partition coefficient (Wildman–Crippen LogP) is 3.07. The van der Waals surface area contributed by atoms with Crippen LogP contribution in [-0.2, 0) is 0 Å². The lowest BCUT2D eigenvalue weighted by atomic mass is 10.3. The van der Waals surface area contributed by atoms with E-state index in [1.54, 1.807) is 0 Å². The van der Waals surface area contributed by atoms with Gasteiger partial charge in [-0.05, 0) is 12.1 Å². The number of aromatic nitrogens is 2. The van der Waals surface area contributed by atoms with Crippen molar-refractivity contribution in [3.8, 4) is 17.4 Å². The van der Waals surface area contributed by atoms with Crippen molar-refractivity contribution in [2.45, 2.75) is 0 Å². The Morgan fingerprint density at radius 1 is 1.29 bits per heavy atom. The van der Waals surface area contributed by atoms with Crippen molar-refractivity contribution in [2.24, 2.45) is 0 Å². The molecule has 0 atom stereocenters. The molecular weight excluding hydrogens is 247 g/mol. The van der Waals surface area contributed by atoms with Gasteiger partial charge in [-0.1, -0.05) is 11.6 Å². The predicted molar refractivity (Wildman–Crippen MR) is 60.1 cm³/mol. The molecule has 0 bridgehead atoms. The van der Waals surface area contributed by atoms with Crippen molar-refractivity contribution in [1.29, 1.82) is 0 Å². The molecule has 88 valence electrons. The highest BCUT2D eigenvalue weighted by atomic mass is 35.5. The Morgan fingerprint density at radius 3 is 2.82 bits per heavy atom. The van der Waals surface area contributed by atoms with Crippen molar-refractivity contribution < 1.29 is 13.9 Å². The van der Waals surface area contributed by atoms with Crippen molar-refractivity contribution in [2.75, 3.05) is 7.11 Å². The van der Waals surface area contributed by atoms with E-state index in [1.807, 2.05) is 0 Å². The second kappa shape index (κ2) is 4.97. The maximum atomic E-state index is 13.1. The van der Waals surface area contributed by atoms with Gasteiger partial charge in [0.05, 0.1) is 19.5 Å². The van der Waals surface area contributed by atoms with Crippen LogP contribution in [0.4, 0.5) is 4.39 Å². The molecule has 6 heteroatoms. The van der Waals surface area contributed by atoms with Crippen LogP contribution in [0.15, 0.2) is 30.6 Å². The highest BCUT2D eigenvalue weighted by Crippen LogP contribution is 2.26. The molecule has 1 aromatic carbocycles. The van der Waals surface area contributed by atoms with Gasteiger partial charge in [0.25, 0.3) is 0 Å². The molecule has 0 aliphatic rings. The summed E-state index contributed by atoms with van der Waals surface area (Å²) in [6.07, 6.45) is 2.79. The molecular formula is C11H8ClFN2O2. The summed E-state index contributed by atoms with van der Waals surface area (Å²) in [5.41, 5.74) is 0. The maximum absolute atomic E-state index is 13.1. The first-order valence-corrected chi connectivity index (χ1v) is 5.06. The zero-order chi connectivity index (χ0) is 12.3. The lowest BCUT2D eigenvalue weighted by molar-refractivity contribution is 0.380. The molecule has 2 aromatic rings. The molecule has 0 aliphatic carbocycles. The van der Waals surface area contributed by atoms with Crippen molar-refractivity contribution in [3.63, 3.8) is 0 Å². The standard InChI is InChI=1S/C11H8ClFN2O2/c1-16-9-4-7(2-3-8(9)13)17-11-6-14-5-10(12)15-11/h2-6H,1H3. The molecule has 1 heterocycles. The molecule has 17 heavy (non-hydrogen) atoms. The quantitative estimate of drug-likeness (QED) is 0.844. The summed E-state index contributed by atoms with van der Waals surface area (Å²) in [7, 11) is 1.38. The van der Waals surface area contributed by atoms with Crippen molar-refractivity contribution in [3.05, 3.63) is 41.6 Å². The van der Waals surface area contributed by atoms with Gasteiger partial charge < -0.3 is 9.47 Å². The van der Waals surface area contributed by atoms with E-state index in [2.05, 4.69) is 9.97 Å². The average molecular weight is 255 g/mol. The number of hydrogen-bond donors (Lipinski definition) is 0. The third kappa shape index (κ3) is 2.82. The minimum atomic E-state index is -0.461. The molecule has 0 radical (unpaired) electrons. The number of rotatable bonds is 3. The summed E-state index contributed by atoms with van der Waals surface area (Å²) >= 11 is 5.66. The van der Waals surface area contributed by atoms with E-state index in [1.165, 1.54) is 37.7 Å². The molecule has 0 aliphatic heterocycles. The summed E-state index contributed by atoms with van der Waals surface area (Å²) in [6, 6.07) is 4.12. The Hall–Kier alpha value is -1.88. The largest absolute Gasteiger partial charge is 0.494 e. The molecule has 2 rings (SSSR count). The maximum Gasteiger partial charge on any atom is 0.239 e. The molecule has 0 saturated heterocycles. The zero-order valence-electron chi connectivity index (χ0n) is 8.85. The van der Waals surface area contributed by atoms with Crippen LogP contribution in [0.2, 0.25) is 5.15 Å². The summed E-state index contributed by atoms with van der Waals surface area (Å²) in [5.74, 6) is 0.250. The third-order valence-corrected chi connectivity index (χ3v) is 2.11. The molecule has 0 spiro atoms. The summed E-state index contributed by atoms with van der Waals surface area (Å²) in [6.45, 7) is 0. The van der Waals surface area contributed by atoms with Gasteiger partial charge in [-0.3, -0.25) is 4.98 Å². The lowest BCUT2D eigenvalue weighted by Gasteiger charge is -2.06. The van der Waals surface area contributed by atoms with Gasteiger partial charge in [-0.15, -0.1) is 0 Å². The average Bonchev–Trinajstić information content (AvgIpc) is 2.32. The number of benzene rings is 1. The number of ether oxygens (including phenoxy) is 2. The van der Waals surface area contributed by atoms with Gasteiger partial charge in [-0.25, -0.2) is 4.39 Å². The fraction of sp³-hybridized carbons (Fsp3) is 0.0909. The fourth-order valence-electron chi connectivity index (χ4n) is 1.20. The number of hydrogen-bond acceptors (Lipinski definition) is 4. The molecule has 1 aromatic heterocycles. The zero-order valence-corrected chi connectivity index (χ0v) is 9.61. The highest BCUT2D eigenvalue weighted by molar-refractivity contribution is 6.29. The van der Waals surface area contributed by atoms with Crippen LogP contribution in [0, 0.1) is 5.82 Å². The van der Waals surface area contributed by atoms with Crippen molar-refractivity contribution in [1.82, 2.24) is 9.97 Å². The van der Waals surface area contributed by atoms with Crippen molar-refractivity contribution >= 4 is 11.6 Å². The number of methoxy groups -OCH3 is 1. The number of nitrogens with zero attached hydrogens (tertiary/aromatic N) is 2. The van der Waals surface area contributed by atoms with E-state index in [0.29, 0.717) is 5.75 Å². The molecule has 0 fully saturated rings. The van der Waals surface area contributed by atoms with Gasteiger partial charge in [0.15, 0.2) is 16.7 Å². The van der Waals surface area contributed by atoms with Gasteiger partial charge in [0.2, 0.25) is 5.88 Å². The van der Waals surface area contributed by atoms with E-state index < -0.39 is 5.82 Å². The Morgan fingerprint density at radius 2 is 2.12 bits per heavy atom. The minimum Gasteiger partial charge on any atom is -0.494 e. The first-order valence-electron chi connectivity index (χ1n) is 4.68. The topological polar surface area (TPSA) is 44.2 Å². The van der Waals surface area contributed by atoms with Crippen LogP contribution < -0.4 is 9.47 Å². The van der Waals surface area contributed by atoms with Crippen LogP contribution in [-0.4, -0.2) is 17.1 Å². The third-order valence-electron chi connectivity index (χ3n) is 1.93. The van der Waals surface area contributed by atoms with E-state index in [9.17, 15) is 4.39 Å². The van der Waals surface area contributed by atoms with Crippen LogP contribution in [0.5, 0.6) is 17.4 Å². The van der Waals surface area contributed by atoms with E-state index in [4.69, 9.17) is 21.1 Å². The molecule has 4 nitrogen and oxygen atoms in total. The number of halogens is 2. The fourth-order valence-corrected chi connectivity index (χ4v) is 1.34. The first kappa shape index (κ1) is 11.6. The SMILES string of the molecule is COc1cc(Oc2cncc(Cl)n2)ccc1F. The van der Waals surface area contributed by atoms with Crippen LogP contribution >= 0.6 is 11.6 Å². The Kier molecular flexibility index (Phi) is 3.39. The second-order valence-electron chi connectivity index (χ2n) is 3.08. The van der Waals surface area contributed by atoms with Crippen LogP contribution in [0.3, 0.4) is 0 Å². The van der Waals surface area contributed by atoms with Gasteiger partial charge in [0.1, 0.15) is 5.75 Å². The monoisotopic (exact) mass is 254 g/mol. The summed E-state index contributed by atoms with van der Waals surface area (Å²) in [5, 5.41) is 0.219. The van der Waals surface area contributed by atoms with Crippen LogP contribution in [0.1, 0.15) is 0 Å². The minimum absolute atomic E-state index is 0.0949. The van der Waals surface area contributed by atoms with Gasteiger partial charge >= 0.3 is 0 Å². The molecule has 0 unspecified atom stereocenters. The smallest absolute Gasteiger partial charge is 0.239 e. The second-order valence-corrected chi connectivity index (χ2v) is 3.47. The summed E-state index contributed by atoms with van der Waals surface area (Å²) < 4.78 is 23.3. The molecule has 0 saturated carbocycles. The summed E-state index contributed by atoms with van der Waals surface area (Å²) in [4.78, 5) is 7.71. The van der Waals surface area contributed by atoms with E-state index >= 15 is 0 Å². The van der Waals surface area contributed by atoms with Gasteiger partial charge in [-0.2, -0.15) is 4.98 Å². The Balaban J connectivity index is 2.24. The molecule has 0 N–H and O–H groups in total. The first-order chi connectivity index (χ1) is 8.19. The Labute approximate surface area is 102 Å².